The molecule has 9 heteroatoms. The number of halogens is 4. The standard InChI is InChI=1S/C11H9F4NO3S/c1-2-20-19-4-3-18-11(17)5-6(12)8(14)10(16)9(15)7(5)13/h2H,1,3-4,16H2. The van der Waals surface area contributed by atoms with Gasteiger partial charge in [-0.1, -0.05) is 6.58 Å². The molecule has 0 bridgehead atoms. The Morgan fingerprint density at radius 3 is 2.20 bits per heavy atom. The van der Waals surface area contributed by atoms with Crippen molar-refractivity contribution in [3.05, 3.63) is 40.8 Å². The van der Waals surface area contributed by atoms with Gasteiger partial charge in [0.25, 0.3) is 0 Å². The van der Waals surface area contributed by atoms with E-state index in [1.54, 1.807) is 0 Å². The summed E-state index contributed by atoms with van der Waals surface area (Å²) in [4.78, 5) is 11.4. The zero-order valence-electron chi connectivity index (χ0n) is 9.92. The first kappa shape index (κ1) is 16.3. The molecule has 0 aromatic heterocycles. The van der Waals surface area contributed by atoms with Crippen LogP contribution in [0.4, 0.5) is 23.2 Å². The summed E-state index contributed by atoms with van der Waals surface area (Å²) in [6.45, 7) is 2.85. The van der Waals surface area contributed by atoms with Gasteiger partial charge in [-0.05, 0) is 5.41 Å². The number of rotatable bonds is 6. The minimum Gasteiger partial charge on any atom is -0.459 e. The zero-order chi connectivity index (χ0) is 15.3. The number of esters is 1. The second-order valence-corrected chi connectivity index (χ2v) is 4.03. The minimum absolute atomic E-state index is 0.106. The van der Waals surface area contributed by atoms with Crippen molar-refractivity contribution in [2.45, 2.75) is 0 Å². The lowest BCUT2D eigenvalue weighted by Crippen LogP contribution is -2.17. The van der Waals surface area contributed by atoms with Crippen LogP contribution in [0.1, 0.15) is 10.4 Å². The smallest absolute Gasteiger partial charge is 0.344 e. The lowest BCUT2D eigenvalue weighted by atomic mass is 10.1. The molecule has 0 heterocycles. The second-order valence-electron chi connectivity index (χ2n) is 3.27. The number of nitrogens with two attached hydrogens (primary N) is 1. The van der Waals surface area contributed by atoms with Crippen LogP contribution in [-0.4, -0.2) is 19.2 Å². The van der Waals surface area contributed by atoms with Crippen molar-refractivity contribution in [2.24, 2.45) is 0 Å². The molecule has 0 aliphatic carbocycles. The summed E-state index contributed by atoms with van der Waals surface area (Å²) < 4.78 is 62.2. The van der Waals surface area contributed by atoms with E-state index in [1.165, 1.54) is 5.41 Å². The summed E-state index contributed by atoms with van der Waals surface area (Å²) in [7, 11) is 0. The number of carbonyl (C=O) groups excluding carboxylic acids is 1. The van der Waals surface area contributed by atoms with Crippen LogP contribution >= 0.6 is 12.0 Å². The average Bonchev–Trinajstić information content (AvgIpc) is 2.43. The van der Waals surface area contributed by atoms with Gasteiger partial charge in [-0.3, -0.25) is 0 Å². The van der Waals surface area contributed by atoms with Crippen LogP contribution in [-0.2, 0) is 8.92 Å². The molecule has 4 nitrogen and oxygen atoms in total. The van der Waals surface area contributed by atoms with Crippen molar-refractivity contribution in [2.75, 3.05) is 18.9 Å². The van der Waals surface area contributed by atoms with Crippen molar-refractivity contribution in [1.29, 1.82) is 0 Å². The van der Waals surface area contributed by atoms with E-state index in [1.807, 2.05) is 0 Å². The molecule has 0 atom stereocenters. The summed E-state index contributed by atoms with van der Waals surface area (Å²) >= 11 is 0.857. The monoisotopic (exact) mass is 311 g/mol. The highest BCUT2D eigenvalue weighted by molar-refractivity contribution is 7.97. The van der Waals surface area contributed by atoms with Gasteiger partial charge in [0, 0.05) is 12.0 Å². The van der Waals surface area contributed by atoms with Gasteiger partial charge in [-0.25, -0.2) is 22.4 Å². The molecule has 0 saturated heterocycles. The molecule has 2 N–H and O–H groups in total. The second kappa shape index (κ2) is 7.15. The molecule has 1 aromatic rings. The highest BCUT2D eigenvalue weighted by atomic mass is 32.2. The first-order valence-electron chi connectivity index (χ1n) is 5.09. The fraction of sp³-hybridized carbons (Fsp3) is 0.182. The van der Waals surface area contributed by atoms with E-state index >= 15 is 0 Å². The lowest BCUT2D eigenvalue weighted by molar-refractivity contribution is 0.0448. The summed E-state index contributed by atoms with van der Waals surface area (Å²) in [5, 5.41) is 1.35. The van der Waals surface area contributed by atoms with Crippen LogP contribution in [0.25, 0.3) is 0 Å². The first-order valence-corrected chi connectivity index (χ1v) is 5.90. The maximum Gasteiger partial charge on any atom is 0.344 e. The van der Waals surface area contributed by atoms with Gasteiger partial charge in [0.05, 0.1) is 6.61 Å². The minimum atomic E-state index is -1.91. The molecular formula is C11H9F4NO3S. The zero-order valence-corrected chi connectivity index (χ0v) is 10.7. The van der Waals surface area contributed by atoms with Crippen LogP contribution in [0.3, 0.4) is 0 Å². The van der Waals surface area contributed by atoms with Crippen LogP contribution in [0.2, 0.25) is 0 Å². The molecule has 0 unspecified atom stereocenters. The largest absolute Gasteiger partial charge is 0.459 e. The number of benzene rings is 1. The summed E-state index contributed by atoms with van der Waals surface area (Å²) in [5.74, 6) is -9.09. The highest BCUT2D eigenvalue weighted by Crippen LogP contribution is 2.26. The molecule has 0 radical (unpaired) electrons. The average molecular weight is 311 g/mol. The van der Waals surface area contributed by atoms with E-state index < -0.39 is 40.5 Å². The topological polar surface area (TPSA) is 61.5 Å². The Bertz CT molecular complexity index is 510. The van der Waals surface area contributed by atoms with E-state index in [0.717, 1.165) is 12.0 Å². The molecule has 0 aliphatic heterocycles. The van der Waals surface area contributed by atoms with E-state index in [2.05, 4.69) is 11.3 Å². The van der Waals surface area contributed by atoms with Gasteiger partial charge in [0.2, 0.25) is 0 Å². The van der Waals surface area contributed by atoms with Gasteiger partial charge in [0.1, 0.15) is 17.9 Å². The Morgan fingerprint density at radius 2 is 1.70 bits per heavy atom. The first-order chi connectivity index (χ1) is 9.41. The van der Waals surface area contributed by atoms with Crippen molar-refractivity contribution in [3.63, 3.8) is 0 Å². The Kier molecular flexibility index (Phi) is 5.83. The third kappa shape index (κ3) is 3.42. The van der Waals surface area contributed by atoms with Crippen LogP contribution in [0.5, 0.6) is 0 Å². The van der Waals surface area contributed by atoms with Crippen LogP contribution in [0, 0.1) is 23.3 Å². The third-order valence-corrected chi connectivity index (χ3v) is 2.48. The number of hydrogen-bond donors (Lipinski definition) is 1. The number of hydrogen-bond acceptors (Lipinski definition) is 5. The Morgan fingerprint density at radius 1 is 1.15 bits per heavy atom. The van der Waals surface area contributed by atoms with Gasteiger partial charge in [-0.15, -0.1) is 0 Å². The molecule has 0 amide bonds. The molecule has 0 saturated carbocycles. The predicted octanol–water partition coefficient (Wildman–Crippen LogP) is 2.79. The summed E-state index contributed by atoms with van der Waals surface area (Å²) in [6, 6.07) is 0. The van der Waals surface area contributed by atoms with Gasteiger partial charge < -0.3 is 14.7 Å². The maximum atomic E-state index is 13.4. The lowest BCUT2D eigenvalue weighted by Gasteiger charge is -2.09. The van der Waals surface area contributed by atoms with E-state index in [-0.39, 0.29) is 13.2 Å². The Labute approximate surface area is 115 Å². The Balaban J connectivity index is 2.86. The molecule has 0 fully saturated rings. The molecule has 1 aromatic carbocycles. The van der Waals surface area contributed by atoms with E-state index in [4.69, 9.17) is 9.92 Å². The fourth-order valence-corrected chi connectivity index (χ4v) is 1.43. The van der Waals surface area contributed by atoms with Gasteiger partial charge in [0.15, 0.2) is 23.3 Å². The fourth-order valence-electron chi connectivity index (χ4n) is 1.16. The van der Waals surface area contributed by atoms with Crippen LogP contribution in [0.15, 0.2) is 12.0 Å². The van der Waals surface area contributed by atoms with E-state index in [0.29, 0.717) is 0 Å². The third-order valence-electron chi connectivity index (χ3n) is 2.04. The molecule has 0 aliphatic rings. The molecule has 20 heavy (non-hydrogen) atoms. The van der Waals surface area contributed by atoms with Gasteiger partial charge in [-0.2, -0.15) is 0 Å². The summed E-state index contributed by atoms with van der Waals surface area (Å²) in [6.07, 6.45) is 0. The maximum absolute atomic E-state index is 13.4. The van der Waals surface area contributed by atoms with Crippen molar-refractivity contribution >= 4 is 23.7 Å². The SMILES string of the molecule is C=CSOCCOC(=O)c1c(F)c(F)c(N)c(F)c1F. The number of nitrogen functional groups attached to an aromatic ring is 1. The predicted molar refractivity (Wildman–Crippen MR) is 64.7 cm³/mol. The van der Waals surface area contributed by atoms with Crippen molar-refractivity contribution in [3.8, 4) is 0 Å². The normalized spacial score (nSPS) is 10.4. The molecule has 110 valence electrons. The van der Waals surface area contributed by atoms with Gasteiger partial charge >= 0.3 is 5.97 Å². The number of carbonyl (C=O) groups is 1. The quantitative estimate of drug-likeness (QED) is 0.219. The highest BCUT2D eigenvalue weighted by Gasteiger charge is 2.29. The molecular weight excluding hydrogens is 302 g/mol. The van der Waals surface area contributed by atoms with Crippen molar-refractivity contribution < 1.29 is 31.3 Å². The van der Waals surface area contributed by atoms with Crippen molar-refractivity contribution in [1.82, 2.24) is 0 Å². The summed E-state index contributed by atoms with van der Waals surface area (Å²) in [5.41, 5.74) is 1.97. The number of anilines is 1. The number of ether oxygens (including phenoxy) is 1. The van der Waals surface area contributed by atoms with E-state index in [9.17, 15) is 22.4 Å². The Hall–Kier alpha value is -1.74. The molecule has 1 rings (SSSR count). The van der Waals surface area contributed by atoms with Crippen LogP contribution < -0.4 is 5.73 Å². The molecule has 0 spiro atoms.